The van der Waals surface area contributed by atoms with E-state index in [1.165, 1.54) is 36.4 Å². The van der Waals surface area contributed by atoms with Crippen LogP contribution in [-0.2, 0) is 9.59 Å². The molecule has 0 atom stereocenters. The zero-order valence-corrected chi connectivity index (χ0v) is 13.4. The summed E-state index contributed by atoms with van der Waals surface area (Å²) in [7, 11) is 0. The monoisotopic (exact) mass is 354 g/mol. The molecule has 8 heteroatoms. The molecular weight excluding hydrogens is 340 g/mol. The first-order chi connectivity index (χ1) is 12.5. The number of para-hydroxylation sites is 2. The minimum Gasteiger partial charge on any atom is -0.299 e. The summed E-state index contributed by atoms with van der Waals surface area (Å²) in [6.45, 7) is 0. The quantitative estimate of drug-likeness (QED) is 0.338. The summed E-state index contributed by atoms with van der Waals surface area (Å²) in [6, 6.07) is 12.5. The Morgan fingerprint density at radius 3 is 1.31 bits per heavy atom. The van der Waals surface area contributed by atoms with Gasteiger partial charge in [0.1, 0.15) is 12.6 Å². The molecule has 2 aromatic rings. The second-order valence-electron chi connectivity index (χ2n) is 4.62. The number of carbonyl (C=O) groups excluding carboxylic acids is 2. The number of allylic oxidation sites excluding steroid dienone is 2. The first-order valence-electron chi connectivity index (χ1n) is 7.21. The third kappa shape index (κ3) is 6.28. The molecule has 0 fully saturated rings. The Labute approximate surface area is 148 Å². The highest BCUT2D eigenvalue weighted by molar-refractivity contribution is 5.76. The van der Waals surface area contributed by atoms with E-state index < -0.39 is 9.85 Å². The maximum Gasteiger partial charge on any atom is 0.276 e. The van der Waals surface area contributed by atoms with Crippen molar-refractivity contribution in [2.75, 3.05) is 0 Å². The number of nitro benzene ring substituents is 2. The van der Waals surface area contributed by atoms with Crippen molar-refractivity contribution in [1.82, 2.24) is 0 Å². The van der Waals surface area contributed by atoms with Gasteiger partial charge in [0.05, 0.1) is 21.0 Å². The number of hydrogen-bond acceptors (Lipinski definition) is 6. The number of carbonyl (C=O) groups is 2. The normalized spacial score (nSPS) is 10.2. The molecule has 0 bridgehead atoms. The van der Waals surface area contributed by atoms with Crippen LogP contribution >= 0.6 is 0 Å². The van der Waals surface area contributed by atoms with E-state index in [-0.39, 0.29) is 11.4 Å². The Morgan fingerprint density at radius 1 is 0.654 bits per heavy atom. The minimum absolute atomic E-state index is 0.000556. The van der Waals surface area contributed by atoms with Gasteiger partial charge in [0.25, 0.3) is 11.4 Å². The first kappa shape index (κ1) is 20.1. The van der Waals surface area contributed by atoms with E-state index in [4.69, 9.17) is 0 Å². The van der Waals surface area contributed by atoms with E-state index in [2.05, 4.69) is 0 Å². The maximum atomic E-state index is 10.5. The van der Waals surface area contributed by atoms with Crippen LogP contribution in [-0.4, -0.2) is 22.4 Å². The summed E-state index contributed by atoms with van der Waals surface area (Å²) in [5.41, 5.74) is 0.861. The molecule has 0 heterocycles. The van der Waals surface area contributed by atoms with Crippen LogP contribution in [0.4, 0.5) is 11.4 Å². The second-order valence-corrected chi connectivity index (χ2v) is 4.62. The SMILES string of the molecule is O=CC=Cc1ccccc1[N+](=O)[O-].O=CC=Cc1ccccc1[N+](=O)[O-]. The highest BCUT2D eigenvalue weighted by atomic mass is 16.6. The van der Waals surface area contributed by atoms with Gasteiger partial charge in [-0.1, -0.05) is 24.3 Å². The second kappa shape index (κ2) is 10.8. The molecule has 2 aromatic carbocycles. The molecule has 0 aliphatic carbocycles. The number of aldehydes is 2. The van der Waals surface area contributed by atoms with Crippen LogP contribution in [0.25, 0.3) is 12.2 Å². The predicted octanol–water partition coefficient (Wildman–Crippen LogP) is 3.61. The molecule has 0 aromatic heterocycles. The molecule has 0 amide bonds. The van der Waals surface area contributed by atoms with Crippen molar-refractivity contribution in [3.63, 3.8) is 0 Å². The molecule has 0 N–H and O–H groups in total. The van der Waals surface area contributed by atoms with Gasteiger partial charge in [-0.2, -0.15) is 0 Å². The summed E-state index contributed by atoms with van der Waals surface area (Å²) < 4.78 is 0. The zero-order valence-electron chi connectivity index (χ0n) is 13.4. The molecular formula is C18H14N2O6. The van der Waals surface area contributed by atoms with Gasteiger partial charge >= 0.3 is 0 Å². The standard InChI is InChI=1S/2C9H7NO3/c2*11-7-3-5-8-4-1-2-6-9(8)10(12)13/h2*1-7H. The highest BCUT2D eigenvalue weighted by Crippen LogP contribution is 2.19. The molecule has 8 nitrogen and oxygen atoms in total. The lowest BCUT2D eigenvalue weighted by Gasteiger charge is -1.94. The third-order valence-corrected chi connectivity index (χ3v) is 2.98. The fourth-order valence-electron chi connectivity index (χ4n) is 1.88. The lowest BCUT2D eigenvalue weighted by Crippen LogP contribution is -1.90. The Hall–Kier alpha value is -3.94. The largest absolute Gasteiger partial charge is 0.299 e. The average Bonchev–Trinajstić information content (AvgIpc) is 2.65. The fourth-order valence-corrected chi connectivity index (χ4v) is 1.88. The van der Waals surface area contributed by atoms with Gasteiger partial charge in [-0.05, 0) is 36.4 Å². The average molecular weight is 354 g/mol. The Bertz CT molecular complexity index is 787. The Morgan fingerprint density at radius 2 is 1.00 bits per heavy atom. The van der Waals surface area contributed by atoms with Crippen LogP contribution in [0.5, 0.6) is 0 Å². The molecule has 0 saturated heterocycles. The molecule has 132 valence electrons. The van der Waals surface area contributed by atoms with Crippen molar-refractivity contribution < 1.29 is 19.4 Å². The van der Waals surface area contributed by atoms with Gasteiger partial charge in [-0.25, -0.2) is 0 Å². The van der Waals surface area contributed by atoms with Gasteiger partial charge < -0.3 is 0 Å². The van der Waals surface area contributed by atoms with Crippen LogP contribution in [0.1, 0.15) is 11.1 Å². The maximum absolute atomic E-state index is 10.5. The highest BCUT2D eigenvalue weighted by Gasteiger charge is 2.09. The van der Waals surface area contributed by atoms with Gasteiger partial charge in [0.2, 0.25) is 0 Å². The van der Waals surface area contributed by atoms with Crippen molar-refractivity contribution in [3.8, 4) is 0 Å². The van der Waals surface area contributed by atoms with Crippen LogP contribution in [0.2, 0.25) is 0 Å². The van der Waals surface area contributed by atoms with E-state index in [0.29, 0.717) is 23.7 Å². The lowest BCUT2D eigenvalue weighted by molar-refractivity contribution is -0.385. The molecule has 0 aliphatic rings. The van der Waals surface area contributed by atoms with Crippen molar-refractivity contribution in [3.05, 3.63) is 92.0 Å². The minimum atomic E-state index is -0.482. The first-order valence-corrected chi connectivity index (χ1v) is 7.21. The third-order valence-electron chi connectivity index (χ3n) is 2.98. The molecule has 0 unspecified atom stereocenters. The van der Waals surface area contributed by atoms with Crippen molar-refractivity contribution in [2.24, 2.45) is 0 Å². The number of hydrogen-bond donors (Lipinski definition) is 0. The summed E-state index contributed by atoms with van der Waals surface area (Å²) in [5.74, 6) is 0. The molecule has 26 heavy (non-hydrogen) atoms. The number of nitrogens with zero attached hydrogens (tertiary/aromatic N) is 2. The van der Waals surface area contributed by atoms with Crippen molar-refractivity contribution >= 4 is 36.1 Å². The smallest absolute Gasteiger partial charge is 0.276 e. The lowest BCUT2D eigenvalue weighted by atomic mass is 10.2. The van der Waals surface area contributed by atoms with E-state index in [0.717, 1.165) is 0 Å². The van der Waals surface area contributed by atoms with Gasteiger partial charge in [0, 0.05) is 12.1 Å². The molecule has 0 saturated carbocycles. The molecule has 0 spiro atoms. The molecule has 0 aliphatic heterocycles. The predicted molar refractivity (Wildman–Crippen MR) is 96.4 cm³/mol. The van der Waals surface area contributed by atoms with Gasteiger partial charge in [-0.3, -0.25) is 29.8 Å². The van der Waals surface area contributed by atoms with Crippen LogP contribution in [0.3, 0.4) is 0 Å². The number of nitro groups is 2. The van der Waals surface area contributed by atoms with E-state index >= 15 is 0 Å². The van der Waals surface area contributed by atoms with E-state index in [9.17, 15) is 29.8 Å². The van der Waals surface area contributed by atoms with Gasteiger partial charge in [0.15, 0.2) is 0 Å². The van der Waals surface area contributed by atoms with E-state index in [1.807, 2.05) is 0 Å². The van der Waals surface area contributed by atoms with Crippen LogP contribution in [0, 0.1) is 20.2 Å². The summed E-state index contributed by atoms with van der Waals surface area (Å²) >= 11 is 0. The topological polar surface area (TPSA) is 120 Å². The molecule has 2 rings (SSSR count). The summed E-state index contributed by atoms with van der Waals surface area (Å²) in [5, 5.41) is 20.9. The summed E-state index contributed by atoms with van der Waals surface area (Å²) in [4.78, 5) is 40.0. The van der Waals surface area contributed by atoms with E-state index in [1.54, 1.807) is 36.4 Å². The number of rotatable bonds is 6. The van der Waals surface area contributed by atoms with Crippen molar-refractivity contribution in [2.45, 2.75) is 0 Å². The molecule has 0 radical (unpaired) electrons. The number of benzene rings is 2. The Kier molecular flexibility index (Phi) is 8.32. The Balaban J connectivity index is 0.000000260. The zero-order chi connectivity index (χ0) is 19.4. The van der Waals surface area contributed by atoms with Crippen molar-refractivity contribution in [1.29, 1.82) is 0 Å². The van der Waals surface area contributed by atoms with Gasteiger partial charge in [-0.15, -0.1) is 0 Å². The fraction of sp³-hybridized carbons (Fsp3) is 0. The summed E-state index contributed by atoms with van der Waals surface area (Å²) in [6.07, 6.45) is 6.42. The van der Waals surface area contributed by atoms with Crippen LogP contribution in [0.15, 0.2) is 60.7 Å². The van der Waals surface area contributed by atoms with Crippen LogP contribution < -0.4 is 0 Å².